The monoisotopic (exact) mass is 290 g/mol. The first kappa shape index (κ1) is 14.6. The van der Waals surface area contributed by atoms with Crippen LogP contribution in [0, 0.1) is 6.92 Å². The van der Waals surface area contributed by atoms with Crippen molar-refractivity contribution in [3.63, 3.8) is 0 Å². The summed E-state index contributed by atoms with van der Waals surface area (Å²) in [5.74, 6) is 0. The Morgan fingerprint density at radius 1 is 1.10 bits per heavy atom. The topological polar surface area (TPSA) is 61.4 Å². The highest BCUT2D eigenvalue weighted by Gasteiger charge is 2.04. The summed E-state index contributed by atoms with van der Waals surface area (Å²) in [5.41, 5.74) is 1.76. The second-order valence-corrected chi connectivity index (χ2v) is 5.85. The molecule has 3 N–H and O–H groups in total. The Bertz CT molecular complexity index is 581. The summed E-state index contributed by atoms with van der Waals surface area (Å²) in [6, 6.07) is 11.4. The molecule has 2 rings (SSSR count). The highest BCUT2D eigenvalue weighted by atomic mass is 32.1. The fourth-order valence-corrected chi connectivity index (χ4v) is 2.70. The van der Waals surface area contributed by atoms with Crippen LogP contribution in [0.1, 0.15) is 20.9 Å². The van der Waals surface area contributed by atoms with Gasteiger partial charge in [-0.05, 0) is 30.2 Å². The normalized spacial score (nSPS) is 10.3. The van der Waals surface area contributed by atoms with Gasteiger partial charge in [0.1, 0.15) is 0 Å². The minimum atomic E-state index is -0.205. The summed E-state index contributed by atoms with van der Waals surface area (Å²) in [7, 11) is 0. The van der Waals surface area contributed by atoms with Crippen molar-refractivity contribution in [2.75, 3.05) is 0 Å². The van der Waals surface area contributed by atoms with E-state index in [1.165, 1.54) is 4.88 Å². The third kappa shape index (κ3) is 4.08. The van der Waals surface area contributed by atoms with Crippen LogP contribution in [0.4, 0.5) is 4.79 Å². The van der Waals surface area contributed by atoms with E-state index in [0.717, 1.165) is 16.0 Å². The fraction of sp³-hybridized carbons (Fsp3) is 0.267. The zero-order chi connectivity index (χ0) is 14.4. The molecule has 1 heterocycles. The van der Waals surface area contributed by atoms with Gasteiger partial charge in [-0.1, -0.05) is 24.3 Å². The number of benzene rings is 1. The predicted molar refractivity (Wildman–Crippen MR) is 80.5 cm³/mol. The summed E-state index contributed by atoms with van der Waals surface area (Å²) < 4.78 is 0. The van der Waals surface area contributed by atoms with E-state index < -0.39 is 0 Å². The molecule has 1 aromatic heterocycles. The van der Waals surface area contributed by atoms with Crippen LogP contribution in [-0.4, -0.2) is 11.1 Å². The van der Waals surface area contributed by atoms with Gasteiger partial charge in [-0.2, -0.15) is 0 Å². The van der Waals surface area contributed by atoms with Gasteiger partial charge in [-0.25, -0.2) is 4.79 Å². The minimum Gasteiger partial charge on any atom is -0.392 e. The van der Waals surface area contributed by atoms with Crippen LogP contribution in [0.15, 0.2) is 36.4 Å². The molecular formula is C15H18N2O2S. The number of urea groups is 1. The molecule has 20 heavy (non-hydrogen) atoms. The Labute approximate surface area is 122 Å². The summed E-state index contributed by atoms with van der Waals surface area (Å²) in [4.78, 5) is 14.1. The van der Waals surface area contributed by atoms with Crippen LogP contribution in [0.25, 0.3) is 0 Å². The van der Waals surface area contributed by atoms with E-state index in [1.54, 1.807) is 11.3 Å². The van der Waals surface area contributed by atoms with Crippen molar-refractivity contribution in [2.45, 2.75) is 26.6 Å². The number of thiophene rings is 1. The number of aliphatic hydroxyl groups is 1. The van der Waals surface area contributed by atoms with Crippen molar-refractivity contribution < 1.29 is 9.90 Å². The number of carbonyl (C=O) groups excluding carboxylic acids is 1. The molecule has 5 heteroatoms. The van der Waals surface area contributed by atoms with E-state index in [0.29, 0.717) is 13.1 Å². The number of hydrogen-bond donors (Lipinski definition) is 3. The van der Waals surface area contributed by atoms with Gasteiger partial charge in [-0.15, -0.1) is 11.3 Å². The highest BCUT2D eigenvalue weighted by molar-refractivity contribution is 7.11. The van der Waals surface area contributed by atoms with Gasteiger partial charge in [0.15, 0.2) is 0 Å². The molecule has 0 bridgehead atoms. The quantitative estimate of drug-likeness (QED) is 0.792. The number of hydrogen-bond acceptors (Lipinski definition) is 3. The minimum absolute atomic E-state index is 0.0199. The molecule has 0 radical (unpaired) electrons. The standard InChI is InChI=1S/C15H18N2O2S/c1-11-6-7-14(20-11)9-17-15(19)16-8-12-4-2-3-5-13(12)10-18/h2-7,18H,8-10H2,1H3,(H2,16,17,19). The molecule has 0 atom stereocenters. The lowest BCUT2D eigenvalue weighted by atomic mass is 10.1. The van der Waals surface area contributed by atoms with Crippen LogP contribution < -0.4 is 10.6 Å². The van der Waals surface area contributed by atoms with Crippen molar-refractivity contribution >= 4 is 17.4 Å². The third-order valence-corrected chi connectivity index (χ3v) is 3.95. The molecule has 0 unspecified atom stereocenters. The molecule has 0 spiro atoms. The zero-order valence-electron chi connectivity index (χ0n) is 11.3. The van der Waals surface area contributed by atoms with Gasteiger partial charge >= 0.3 is 6.03 Å². The van der Waals surface area contributed by atoms with Gasteiger partial charge in [0, 0.05) is 16.3 Å². The van der Waals surface area contributed by atoms with Gasteiger partial charge < -0.3 is 15.7 Å². The molecule has 0 aliphatic carbocycles. The molecule has 0 fully saturated rings. The highest BCUT2D eigenvalue weighted by Crippen LogP contribution is 2.14. The molecule has 2 aromatic rings. The Morgan fingerprint density at radius 2 is 1.80 bits per heavy atom. The van der Waals surface area contributed by atoms with E-state index in [9.17, 15) is 9.90 Å². The average molecular weight is 290 g/mol. The van der Waals surface area contributed by atoms with E-state index in [1.807, 2.05) is 43.3 Å². The fourth-order valence-electron chi connectivity index (χ4n) is 1.87. The van der Waals surface area contributed by atoms with Crippen molar-refractivity contribution in [1.82, 2.24) is 10.6 Å². The summed E-state index contributed by atoms with van der Waals surface area (Å²) in [6.07, 6.45) is 0. The largest absolute Gasteiger partial charge is 0.392 e. The molecule has 0 saturated heterocycles. The first-order valence-electron chi connectivity index (χ1n) is 6.43. The number of amides is 2. The van der Waals surface area contributed by atoms with Gasteiger partial charge in [0.2, 0.25) is 0 Å². The maximum atomic E-state index is 11.7. The average Bonchev–Trinajstić information content (AvgIpc) is 2.89. The van der Waals surface area contributed by atoms with Crippen molar-refractivity contribution in [3.8, 4) is 0 Å². The Morgan fingerprint density at radius 3 is 2.45 bits per heavy atom. The maximum absolute atomic E-state index is 11.7. The van der Waals surface area contributed by atoms with E-state index in [2.05, 4.69) is 10.6 Å². The molecule has 0 aliphatic rings. The molecule has 0 aliphatic heterocycles. The Hall–Kier alpha value is -1.85. The molecular weight excluding hydrogens is 272 g/mol. The molecule has 0 saturated carbocycles. The second kappa shape index (κ2) is 7.07. The van der Waals surface area contributed by atoms with Crippen molar-refractivity contribution in [1.29, 1.82) is 0 Å². The predicted octanol–water partition coefficient (Wildman–Crippen LogP) is 2.55. The smallest absolute Gasteiger partial charge is 0.315 e. The van der Waals surface area contributed by atoms with Gasteiger partial charge in [-0.3, -0.25) is 0 Å². The Kier molecular flexibility index (Phi) is 5.15. The first-order valence-corrected chi connectivity index (χ1v) is 7.25. The number of aryl methyl sites for hydroxylation is 1. The maximum Gasteiger partial charge on any atom is 0.315 e. The molecule has 2 amide bonds. The van der Waals surface area contributed by atoms with E-state index >= 15 is 0 Å². The van der Waals surface area contributed by atoms with Crippen LogP contribution in [0.2, 0.25) is 0 Å². The zero-order valence-corrected chi connectivity index (χ0v) is 12.2. The number of aliphatic hydroxyl groups excluding tert-OH is 1. The SMILES string of the molecule is Cc1ccc(CNC(=O)NCc2ccccc2CO)s1. The van der Waals surface area contributed by atoms with Crippen LogP contribution in [-0.2, 0) is 19.7 Å². The lowest BCUT2D eigenvalue weighted by Gasteiger charge is -2.09. The first-order chi connectivity index (χ1) is 9.69. The van der Waals surface area contributed by atoms with E-state index in [-0.39, 0.29) is 12.6 Å². The molecule has 106 valence electrons. The lowest BCUT2D eigenvalue weighted by molar-refractivity contribution is 0.240. The number of carbonyl (C=O) groups is 1. The summed E-state index contributed by atoms with van der Waals surface area (Å²) >= 11 is 1.67. The molecule has 1 aromatic carbocycles. The second-order valence-electron chi connectivity index (χ2n) is 4.48. The van der Waals surface area contributed by atoms with Gasteiger partial charge in [0.25, 0.3) is 0 Å². The third-order valence-electron chi connectivity index (χ3n) is 2.95. The number of nitrogens with one attached hydrogen (secondary N) is 2. The summed E-state index contributed by atoms with van der Waals surface area (Å²) in [6.45, 7) is 2.96. The van der Waals surface area contributed by atoms with Crippen LogP contribution in [0.5, 0.6) is 0 Å². The Balaban J connectivity index is 1.80. The van der Waals surface area contributed by atoms with Crippen molar-refractivity contribution in [2.24, 2.45) is 0 Å². The van der Waals surface area contributed by atoms with Crippen molar-refractivity contribution in [3.05, 3.63) is 57.3 Å². The van der Waals surface area contributed by atoms with Crippen LogP contribution >= 0.6 is 11.3 Å². The van der Waals surface area contributed by atoms with E-state index in [4.69, 9.17) is 0 Å². The molecule has 4 nitrogen and oxygen atoms in total. The van der Waals surface area contributed by atoms with Crippen LogP contribution in [0.3, 0.4) is 0 Å². The number of rotatable bonds is 5. The lowest BCUT2D eigenvalue weighted by Crippen LogP contribution is -2.34. The summed E-state index contributed by atoms with van der Waals surface area (Å²) in [5, 5.41) is 14.8. The van der Waals surface area contributed by atoms with Gasteiger partial charge in [0.05, 0.1) is 13.2 Å².